The molecule has 4 aromatic rings. The van der Waals surface area contributed by atoms with E-state index in [9.17, 15) is 4.79 Å². The molecule has 0 aliphatic carbocycles. The van der Waals surface area contributed by atoms with Crippen molar-refractivity contribution in [1.29, 1.82) is 0 Å². The van der Waals surface area contributed by atoms with Crippen molar-refractivity contribution in [2.75, 3.05) is 0 Å². The van der Waals surface area contributed by atoms with Gasteiger partial charge in [-0.1, -0.05) is 60.7 Å². The van der Waals surface area contributed by atoms with Crippen LogP contribution in [-0.4, -0.2) is 10.8 Å². The number of hydrogen-bond donors (Lipinski definition) is 0. The fraction of sp³-hybridized carbons (Fsp3) is 0. The summed E-state index contributed by atoms with van der Waals surface area (Å²) in [5, 5.41) is 2.01. The lowest BCUT2D eigenvalue weighted by molar-refractivity contribution is 0.103. The predicted molar refractivity (Wildman–Crippen MR) is 98.1 cm³/mol. The van der Waals surface area contributed by atoms with Crippen molar-refractivity contribution in [3.05, 3.63) is 102 Å². The Bertz CT molecular complexity index is 1030. The summed E-state index contributed by atoms with van der Waals surface area (Å²) in [5.41, 5.74) is 1.15. The van der Waals surface area contributed by atoms with E-state index in [1.807, 2.05) is 78.9 Å². The van der Waals surface area contributed by atoms with E-state index < -0.39 is 0 Å². The summed E-state index contributed by atoms with van der Waals surface area (Å²) >= 11 is 0. The van der Waals surface area contributed by atoms with E-state index in [4.69, 9.17) is 4.74 Å². The molecule has 0 aliphatic heterocycles. The zero-order valence-electron chi connectivity index (χ0n) is 13.4. The number of fused-ring (bicyclic) bond motifs is 1. The van der Waals surface area contributed by atoms with Crippen LogP contribution in [0, 0.1) is 0 Å². The Hall–Kier alpha value is -3.46. The van der Waals surface area contributed by atoms with Crippen LogP contribution in [0.4, 0.5) is 0 Å². The third-order valence-electron chi connectivity index (χ3n) is 3.98. The zero-order valence-corrected chi connectivity index (χ0v) is 13.4. The summed E-state index contributed by atoms with van der Waals surface area (Å²) in [6, 6.07) is 26.3. The van der Waals surface area contributed by atoms with Crippen LogP contribution in [0.1, 0.15) is 15.9 Å². The number of pyridine rings is 1. The molecule has 0 aliphatic rings. The lowest BCUT2D eigenvalue weighted by Crippen LogP contribution is -2.04. The van der Waals surface area contributed by atoms with Crippen LogP contribution < -0.4 is 4.74 Å². The molecule has 3 aromatic carbocycles. The molecule has 0 saturated heterocycles. The standard InChI is InChI=1S/C22H15NO2/c24-22(16-8-2-1-3-9-16)19-14-17-10-4-5-11-18(17)15-20(19)25-21-12-6-7-13-23-21/h1-15H. The molecule has 3 nitrogen and oxygen atoms in total. The van der Waals surface area contributed by atoms with Crippen molar-refractivity contribution in [3.8, 4) is 11.6 Å². The monoisotopic (exact) mass is 325 g/mol. The molecule has 0 fully saturated rings. The van der Waals surface area contributed by atoms with Gasteiger partial charge in [0.15, 0.2) is 5.78 Å². The number of carbonyl (C=O) groups excluding carboxylic acids is 1. The SMILES string of the molecule is O=C(c1ccccc1)c1cc2ccccc2cc1Oc1ccccn1. The average Bonchev–Trinajstić information content (AvgIpc) is 2.68. The highest BCUT2D eigenvalue weighted by Crippen LogP contribution is 2.31. The Kier molecular flexibility index (Phi) is 3.97. The maximum Gasteiger partial charge on any atom is 0.219 e. The molecule has 0 spiro atoms. The number of aromatic nitrogens is 1. The van der Waals surface area contributed by atoms with E-state index in [-0.39, 0.29) is 5.78 Å². The number of ketones is 1. The van der Waals surface area contributed by atoms with Gasteiger partial charge in [0.2, 0.25) is 5.88 Å². The number of ether oxygens (including phenoxy) is 1. The highest BCUT2D eigenvalue weighted by atomic mass is 16.5. The minimum atomic E-state index is -0.0720. The molecule has 1 aromatic heterocycles. The van der Waals surface area contributed by atoms with Gasteiger partial charge >= 0.3 is 0 Å². The van der Waals surface area contributed by atoms with Gasteiger partial charge in [-0.25, -0.2) is 4.98 Å². The van der Waals surface area contributed by atoms with Crippen molar-refractivity contribution in [2.24, 2.45) is 0 Å². The van der Waals surface area contributed by atoms with Crippen LogP contribution in [-0.2, 0) is 0 Å². The Morgan fingerprint density at radius 2 is 1.44 bits per heavy atom. The molecule has 0 atom stereocenters. The van der Waals surface area contributed by atoms with Crippen LogP contribution in [0.15, 0.2) is 91.1 Å². The van der Waals surface area contributed by atoms with E-state index in [1.54, 1.807) is 12.3 Å². The van der Waals surface area contributed by atoms with Gasteiger partial charge in [-0.3, -0.25) is 4.79 Å². The highest BCUT2D eigenvalue weighted by Gasteiger charge is 2.17. The first-order valence-electron chi connectivity index (χ1n) is 8.03. The van der Waals surface area contributed by atoms with E-state index >= 15 is 0 Å². The van der Waals surface area contributed by atoms with Gasteiger partial charge in [-0.15, -0.1) is 0 Å². The van der Waals surface area contributed by atoms with Gasteiger partial charge in [0.25, 0.3) is 0 Å². The number of benzene rings is 3. The van der Waals surface area contributed by atoms with Crippen molar-refractivity contribution >= 4 is 16.6 Å². The summed E-state index contributed by atoms with van der Waals surface area (Å²) in [6.45, 7) is 0. The lowest BCUT2D eigenvalue weighted by atomic mass is 9.99. The van der Waals surface area contributed by atoms with E-state index in [2.05, 4.69) is 4.98 Å². The van der Waals surface area contributed by atoms with Crippen molar-refractivity contribution < 1.29 is 9.53 Å². The second kappa shape index (κ2) is 6.57. The van der Waals surface area contributed by atoms with Crippen LogP contribution in [0.3, 0.4) is 0 Å². The first-order valence-corrected chi connectivity index (χ1v) is 8.03. The Labute approximate surface area is 145 Å². The summed E-state index contributed by atoms with van der Waals surface area (Å²) in [5.74, 6) is 0.892. The second-order valence-electron chi connectivity index (χ2n) is 5.66. The van der Waals surface area contributed by atoms with Gasteiger partial charge in [-0.2, -0.15) is 0 Å². The maximum atomic E-state index is 13.0. The smallest absolute Gasteiger partial charge is 0.219 e. The number of hydrogen-bond acceptors (Lipinski definition) is 3. The number of nitrogens with zero attached hydrogens (tertiary/aromatic N) is 1. The third-order valence-corrected chi connectivity index (χ3v) is 3.98. The topological polar surface area (TPSA) is 39.2 Å². The van der Waals surface area contributed by atoms with Crippen LogP contribution in [0.2, 0.25) is 0 Å². The molecule has 3 heteroatoms. The molecule has 120 valence electrons. The molecular weight excluding hydrogens is 310 g/mol. The van der Waals surface area contributed by atoms with Crippen LogP contribution in [0.25, 0.3) is 10.8 Å². The first kappa shape index (κ1) is 15.1. The van der Waals surface area contributed by atoms with Crippen LogP contribution in [0.5, 0.6) is 11.6 Å². The van der Waals surface area contributed by atoms with Gasteiger partial charge < -0.3 is 4.74 Å². The number of rotatable bonds is 4. The summed E-state index contributed by atoms with van der Waals surface area (Å²) in [6.07, 6.45) is 1.66. The molecule has 4 rings (SSSR count). The quantitative estimate of drug-likeness (QED) is 0.481. The molecule has 0 unspecified atom stereocenters. The summed E-state index contributed by atoms with van der Waals surface area (Å²) in [4.78, 5) is 17.2. The molecule has 25 heavy (non-hydrogen) atoms. The molecule has 0 saturated carbocycles. The number of carbonyl (C=O) groups is 1. The fourth-order valence-electron chi connectivity index (χ4n) is 2.75. The Balaban J connectivity index is 1.85. The highest BCUT2D eigenvalue weighted by molar-refractivity contribution is 6.12. The van der Waals surface area contributed by atoms with E-state index in [1.165, 1.54) is 0 Å². The van der Waals surface area contributed by atoms with E-state index in [0.29, 0.717) is 22.8 Å². The minimum absolute atomic E-state index is 0.0720. The minimum Gasteiger partial charge on any atom is -0.438 e. The zero-order chi connectivity index (χ0) is 17.1. The molecule has 1 heterocycles. The summed E-state index contributed by atoms with van der Waals surface area (Å²) in [7, 11) is 0. The molecule has 0 radical (unpaired) electrons. The Morgan fingerprint density at radius 1 is 0.760 bits per heavy atom. The Morgan fingerprint density at radius 3 is 2.16 bits per heavy atom. The van der Waals surface area contributed by atoms with Crippen molar-refractivity contribution in [1.82, 2.24) is 4.98 Å². The van der Waals surface area contributed by atoms with Crippen molar-refractivity contribution in [2.45, 2.75) is 0 Å². The van der Waals surface area contributed by atoms with Gasteiger partial charge in [0.1, 0.15) is 5.75 Å². The average molecular weight is 325 g/mol. The second-order valence-corrected chi connectivity index (χ2v) is 5.66. The third kappa shape index (κ3) is 3.12. The first-order chi connectivity index (χ1) is 12.3. The molecule has 0 N–H and O–H groups in total. The maximum absolute atomic E-state index is 13.0. The fourth-order valence-corrected chi connectivity index (χ4v) is 2.75. The summed E-state index contributed by atoms with van der Waals surface area (Å²) < 4.78 is 5.93. The largest absolute Gasteiger partial charge is 0.438 e. The van der Waals surface area contributed by atoms with Gasteiger partial charge in [0, 0.05) is 17.8 Å². The molecule has 0 amide bonds. The molecular formula is C22H15NO2. The van der Waals surface area contributed by atoms with Crippen LogP contribution >= 0.6 is 0 Å². The van der Waals surface area contributed by atoms with Gasteiger partial charge in [0.05, 0.1) is 5.56 Å². The normalized spacial score (nSPS) is 10.6. The lowest BCUT2D eigenvalue weighted by Gasteiger charge is -2.12. The van der Waals surface area contributed by atoms with Gasteiger partial charge in [-0.05, 0) is 29.0 Å². The van der Waals surface area contributed by atoms with Crippen molar-refractivity contribution in [3.63, 3.8) is 0 Å². The molecule has 0 bridgehead atoms. The predicted octanol–water partition coefficient (Wildman–Crippen LogP) is 5.26. The van der Waals surface area contributed by atoms with E-state index in [0.717, 1.165) is 10.8 Å².